The first-order chi connectivity index (χ1) is 12.3. The Morgan fingerprint density at radius 1 is 1.19 bits per heavy atom. The van der Waals surface area contributed by atoms with Gasteiger partial charge in [0.2, 0.25) is 0 Å². The molecule has 0 spiro atoms. The Bertz CT molecular complexity index is 712. The average Bonchev–Trinajstić information content (AvgIpc) is 3.07. The van der Waals surface area contributed by atoms with Crippen molar-refractivity contribution in [2.45, 2.75) is 50.2 Å². The van der Waals surface area contributed by atoms with Gasteiger partial charge in [-0.3, -0.25) is 4.90 Å². The predicted molar refractivity (Wildman–Crippen MR) is 109 cm³/mol. The Balaban J connectivity index is 0.00000196. The van der Waals surface area contributed by atoms with E-state index in [9.17, 15) is 0 Å². The molecule has 0 atom stereocenters. The number of aromatic nitrogens is 3. The van der Waals surface area contributed by atoms with Gasteiger partial charge in [0.05, 0.1) is 6.54 Å². The summed E-state index contributed by atoms with van der Waals surface area (Å²) >= 11 is 1.92. The third kappa shape index (κ3) is 4.42. The molecule has 1 saturated heterocycles. The zero-order chi connectivity index (χ0) is 17.1. The largest absolute Gasteiger partial charge is 0.312 e. The van der Waals surface area contributed by atoms with E-state index in [-0.39, 0.29) is 12.4 Å². The van der Waals surface area contributed by atoms with Gasteiger partial charge in [-0.15, -0.1) is 34.4 Å². The van der Waals surface area contributed by atoms with E-state index < -0.39 is 0 Å². The minimum Gasteiger partial charge on any atom is -0.312 e. The van der Waals surface area contributed by atoms with E-state index in [2.05, 4.69) is 56.2 Å². The second-order valence-electron chi connectivity index (χ2n) is 6.93. The van der Waals surface area contributed by atoms with Crippen molar-refractivity contribution in [3.63, 3.8) is 0 Å². The Kier molecular flexibility index (Phi) is 6.98. The van der Waals surface area contributed by atoms with Crippen molar-refractivity contribution in [3.05, 3.63) is 41.5 Å². The van der Waals surface area contributed by atoms with Gasteiger partial charge < -0.3 is 9.88 Å². The van der Waals surface area contributed by atoms with Gasteiger partial charge >= 0.3 is 0 Å². The maximum absolute atomic E-state index is 4.51. The van der Waals surface area contributed by atoms with Crippen molar-refractivity contribution in [3.8, 4) is 0 Å². The van der Waals surface area contributed by atoms with Crippen LogP contribution in [0.15, 0.2) is 29.2 Å². The summed E-state index contributed by atoms with van der Waals surface area (Å²) in [7, 11) is 0. The van der Waals surface area contributed by atoms with Crippen LogP contribution in [0, 0.1) is 0 Å². The van der Waals surface area contributed by atoms with Crippen LogP contribution in [0.4, 0.5) is 0 Å². The minimum absolute atomic E-state index is 0. The van der Waals surface area contributed by atoms with E-state index in [1.54, 1.807) is 0 Å². The van der Waals surface area contributed by atoms with Crippen molar-refractivity contribution >= 4 is 24.2 Å². The van der Waals surface area contributed by atoms with Crippen molar-refractivity contribution in [1.82, 2.24) is 25.0 Å². The van der Waals surface area contributed by atoms with Gasteiger partial charge in [-0.1, -0.05) is 19.1 Å². The molecule has 0 aliphatic carbocycles. The first kappa shape index (κ1) is 19.7. The number of rotatable bonds is 5. The molecule has 1 aromatic heterocycles. The van der Waals surface area contributed by atoms with E-state index in [4.69, 9.17) is 0 Å². The topological polar surface area (TPSA) is 46.0 Å². The van der Waals surface area contributed by atoms with E-state index in [0.717, 1.165) is 50.8 Å². The van der Waals surface area contributed by atoms with E-state index in [0.29, 0.717) is 5.92 Å². The highest BCUT2D eigenvalue weighted by Gasteiger charge is 2.26. The number of nitrogens with one attached hydrogen (secondary N) is 1. The first-order valence-corrected chi connectivity index (χ1v) is 10.4. The molecule has 142 valence electrons. The van der Waals surface area contributed by atoms with Gasteiger partial charge in [-0.2, -0.15) is 0 Å². The lowest BCUT2D eigenvalue weighted by atomic mass is 9.95. The normalized spacial score (nSPS) is 18.3. The minimum atomic E-state index is 0. The molecule has 2 aliphatic heterocycles. The molecule has 1 N–H and O–H groups in total. The number of benzene rings is 1. The maximum atomic E-state index is 4.51. The van der Waals surface area contributed by atoms with Gasteiger partial charge in [0.15, 0.2) is 0 Å². The SMILES string of the molecule is CCSc1cccc(CN2CCC(c3nnc4n3CCNC4)CC2)c1.Cl. The second-order valence-corrected chi connectivity index (χ2v) is 8.27. The van der Waals surface area contributed by atoms with Crippen LogP contribution in [0.2, 0.25) is 0 Å². The summed E-state index contributed by atoms with van der Waals surface area (Å²) in [5.41, 5.74) is 1.43. The van der Waals surface area contributed by atoms with Gasteiger partial charge in [-0.25, -0.2) is 0 Å². The molecule has 2 aromatic rings. The smallest absolute Gasteiger partial charge is 0.147 e. The Labute approximate surface area is 166 Å². The number of thioether (sulfide) groups is 1. The summed E-state index contributed by atoms with van der Waals surface area (Å²) in [6.07, 6.45) is 2.38. The number of fused-ring (bicyclic) bond motifs is 1. The molecule has 1 aromatic carbocycles. The Hall–Kier alpha value is -1.08. The molecule has 3 heterocycles. The number of nitrogens with zero attached hydrogens (tertiary/aromatic N) is 4. The first-order valence-electron chi connectivity index (χ1n) is 9.40. The Morgan fingerprint density at radius 3 is 2.85 bits per heavy atom. The molecule has 26 heavy (non-hydrogen) atoms. The van der Waals surface area contributed by atoms with E-state index >= 15 is 0 Å². The number of likely N-dealkylation sites (tertiary alicyclic amines) is 1. The molecular weight excluding hydrogens is 366 g/mol. The molecule has 1 fully saturated rings. The van der Waals surface area contributed by atoms with Crippen LogP contribution in [-0.2, 0) is 19.6 Å². The predicted octanol–water partition coefficient (Wildman–Crippen LogP) is 3.29. The summed E-state index contributed by atoms with van der Waals surface area (Å²) < 4.78 is 2.35. The highest BCUT2D eigenvalue weighted by molar-refractivity contribution is 7.99. The molecule has 0 amide bonds. The van der Waals surface area contributed by atoms with Crippen LogP contribution in [0.25, 0.3) is 0 Å². The molecule has 2 aliphatic rings. The third-order valence-electron chi connectivity index (χ3n) is 5.22. The summed E-state index contributed by atoms with van der Waals surface area (Å²) in [6.45, 7) is 8.47. The standard InChI is InChI=1S/C19H27N5S.ClH/c1-2-25-17-5-3-4-15(12-17)14-23-9-6-16(7-10-23)19-22-21-18-13-20-8-11-24(18)19;/h3-5,12,16,20H,2,6-11,13-14H2,1H3;1H. The molecule has 0 radical (unpaired) electrons. The van der Waals surface area contributed by atoms with Crippen LogP contribution < -0.4 is 5.32 Å². The highest BCUT2D eigenvalue weighted by atomic mass is 35.5. The van der Waals surface area contributed by atoms with E-state index in [1.165, 1.54) is 29.1 Å². The van der Waals surface area contributed by atoms with Crippen molar-refractivity contribution < 1.29 is 0 Å². The molecule has 0 saturated carbocycles. The molecular formula is C19H28ClN5S. The third-order valence-corrected chi connectivity index (χ3v) is 6.10. The zero-order valence-corrected chi connectivity index (χ0v) is 17.0. The van der Waals surface area contributed by atoms with Gasteiger partial charge in [0.1, 0.15) is 11.6 Å². The fourth-order valence-electron chi connectivity index (χ4n) is 3.92. The average molecular weight is 394 g/mol. The second kappa shape index (κ2) is 9.22. The summed E-state index contributed by atoms with van der Waals surface area (Å²) in [5, 5.41) is 12.3. The number of halogens is 1. The van der Waals surface area contributed by atoms with Crippen LogP contribution >= 0.6 is 24.2 Å². The monoisotopic (exact) mass is 393 g/mol. The van der Waals surface area contributed by atoms with Crippen LogP contribution in [0.5, 0.6) is 0 Å². The molecule has 0 bridgehead atoms. The fourth-order valence-corrected chi connectivity index (χ4v) is 4.67. The van der Waals surface area contributed by atoms with Crippen LogP contribution in [0.1, 0.15) is 42.9 Å². The maximum Gasteiger partial charge on any atom is 0.147 e. The highest BCUT2D eigenvalue weighted by Crippen LogP contribution is 2.29. The Morgan fingerprint density at radius 2 is 2.04 bits per heavy atom. The fraction of sp³-hybridized carbons (Fsp3) is 0.579. The zero-order valence-electron chi connectivity index (χ0n) is 15.4. The summed E-state index contributed by atoms with van der Waals surface area (Å²) in [6, 6.07) is 9.01. The van der Waals surface area contributed by atoms with Gasteiger partial charge in [0, 0.05) is 30.4 Å². The molecule has 7 heteroatoms. The summed E-state index contributed by atoms with van der Waals surface area (Å²) in [4.78, 5) is 3.97. The number of hydrogen-bond donors (Lipinski definition) is 1. The quantitative estimate of drug-likeness (QED) is 0.789. The lowest BCUT2D eigenvalue weighted by molar-refractivity contribution is 0.199. The number of piperidine rings is 1. The lowest BCUT2D eigenvalue weighted by Gasteiger charge is -2.32. The molecule has 0 unspecified atom stereocenters. The van der Waals surface area contributed by atoms with Crippen LogP contribution in [-0.4, -0.2) is 45.1 Å². The van der Waals surface area contributed by atoms with Crippen molar-refractivity contribution in [2.24, 2.45) is 0 Å². The van der Waals surface area contributed by atoms with Gasteiger partial charge in [-0.05, 0) is 49.4 Å². The van der Waals surface area contributed by atoms with Crippen LogP contribution in [0.3, 0.4) is 0 Å². The lowest BCUT2D eigenvalue weighted by Crippen LogP contribution is -2.34. The van der Waals surface area contributed by atoms with Crippen molar-refractivity contribution in [1.29, 1.82) is 0 Å². The van der Waals surface area contributed by atoms with E-state index in [1.807, 2.05) is 11.8 Å². The van der Waals surface area contributed by atoms with Gasteiger partial charge in [0.25, 0.3) is 0 Å². The molecule has 4 rings (SSSR count). The van der Waals surface area contributed by atoms with Crippen molar-refractivity contribution in [2.75, 3.05) is 25.4 Å². The molecule has 5 nitrogen and oxygen atoms in total. The summed E-state index contributed by atoms with van der Waals surface area (Å²) in [5.74, 6) is 4.02. The number of hydrogen-bond acceptors (Lipinski definition) is 5.